The van der Waals surface area contributed by atoms with E-state index in [9.17, 15) is 9.90 Å². The van der Waals surface area contributed by atoms with Crippen LogP contribution in [0.2, 0.25) is 0 Å². The van der Waals surface area contributed by atoms with Crippen LogP contribution in [-0.4, -0.2) is 51.2 Å². The molecule has 1 aliphatic heterocycles. The second-order valence-electron chi connectivity index (χ2n) is 7.93. The molecular formula is C19H31IN4O3. The molecule has 1 aliphatic rings. The lowest BCUT2D eigenvalue weighted by Gasteiger charge is -2.23. The first-order valence-corrected chi connectivity index (χ1v) is 10.7. The summed E-state index contributed by atoms with van der Waals surface area (Å²) in [7, 11) is 0. The minimum atomic E-state index is -0.553. The van der Waals surface area contributed by atoms with Crippen LogP contribution in [0.5, 0.6) is 0 Å². The van der Waals surface area contributed by atoms with Crippen LogP contribution in [0.4, 0.5) is 5.82 Å². The molecule has 0 aliphatic carbocycles. The van der Waals surface area contributed by atoms with E-state index >= 15 is 0 Å². The molecule has 3 unspecified atom stereocenters. The number of hydrogen-bond donors (Lipinski definition) is 1. The van der Waals surface area contributed by atoms with Crippen molar-refractivity contribution in [2.45, 2.75) is 65.9 Å². The van der Waals surface area contributed by atoms with Gasteiger partial charge >= 0.3 is 5.69 Å². The van der Waals surface area contributed by atoms with Gasteiger partial charge in [-0.3, -0.25) is 4.57 Å². The quantitative estimate of drug-likeness (QED) is 0.344. The van der Waals surface area contributed by atoms with Crippen LogP contribution >= 0.6 is 22.6 Å². The highest BCUT2D eigenvalue weighted by atomic mass is 127. The van der Waals surface area contributed by atoms with Crippen molar-refractivity contribution < 1.29 is 9.84 Å². The topological polar surface area (TPSA) is 80.0 Å². The van der Waals surface area contributed by atoms with Crippen LogP contribution < -0.4 is 5.69 Å². The van der Waals surface area contributed by atoms with Crippen LogP contribution in [0.1, 0.15) is 53.7 Å². The van der Waals surface area contributed by atoms with Gasteiger partial charge in [-0.05, 0) is 40.8 Å². The number of aliphatic hydroxyl groups excluding tert-OH is 1. The summed E-state index contributed by atoms with van der Waals surface area (Å²) in [6.45, 7) is 12.4. The Morgan fingerprint density at radius 2 is 2.04 bits per heavy atom. The second-order valence-corrected chi connectivity index (χ2v) is 9.09. The Labute approximate surface area is 175 Å². The number of halogens is 1. The summed E-state index contributed by atoms with van der Waals surface area (Å²) in [6, 6.07) is 0. The predicted octanol–water partition coefficient (Wildman–Crippen LogP) is 3.18. The van der Waals surface area contributed by atoms with Gasteiger partial charge in [-0.1, -0.05) is 34.6 Å². The number of nitrogens with zero attached hydrogens (tertiary/aromatic N) is 4. The van der Waals surface area contributed by atoms with E-state index in [1.807, 2.05) is 6.92 Å². The number of aromatic nitrogens is 2. The van der Waals surface area contributed by atoms with Crippen LogP contribution in [0.25, 0.3) is 0 Å². The highest BCUT2D eigenvalue weighted by molar-refractivity contribution is 14.1. The van der Waals surface area contributed by atoms with Gasteiger partial charge in [0, 0.05) is 25.7 Å². The van der Waals surface area contributed by atoms with Crippen molar-refractivity contribution in [2.75, 3.05) is 13.1 Å². The maximum atomic E-state index is 12.5. The van der Waals surface area contributed by atoms with E-state index in [0.717, 1.165) is 16.7 Å². The Balaban J connectivity index is 2.19. The fourth-order valence-electron chi connectivity index (χ4n) is 3.23. The second kappa shape index (κ2) is 9.97. The van der Waals surface area contributed by atoms with E-state index in [2.05, 4.69) is 65.2 Å². The third-order valence-corrected chi connectivity index (χ3v) is 5.11. The number of aliphatic imine (C=N–C) groups is 1. The van der Waals surface area contributed by atoms with Crippen molar-refractivity contribution >= 4 is 34.7 Å². The van der Waals surface area contributed by atoms with E-state index in [0.29, 0.717) is 30.5 Å². The summed E-state index contributed by atoms with van der Waals surface area (Å²) < 4.78 is 8.02. The zero-order valence-electron chi connectivity index (χ0n) is 16.8. The number of aliphatic hydroxyl groups is 1. The van der Waals surface area contributed by atoms with E-state index in [-0.39, 0.29) is 6.10 Å². The van der Waals surface area contributed by atoms with Gasteiger partial charge in [-0.15, -0.1) is 0 Å². The predicted molar refractivity (Wildman–Crippen MR) is 115 cm³/mol. The highest BCUT2D eigenvalue weighted by Crippen LogP contribution is 2.30. The molecule has 152 valence electrons. The molecule has 1 N–H and O–H groups in total. The molecule has 2 rings (SSSR count). The summed E-state index contributed by atoms with van der Waals surface area (Å²) in [5.74, 6) is 1.46. The molecule has 7 nitrogen and oxygen atoms in total. The van der Waals surface area contributed by atoms with Gasteiger partial charge in [-0.25, -0.2) is 9.79 Å². The number of hydrogen-bond acceptors (Lipinski definition) is 5. The van der Waals surface area contributed by atoms with Crippen molar-refractivity contribution in [1.29, 1.82) is 0 Å². The van der Waals surface area contributed by atoms with Gasteiger partial charge in [0.15, 0.2) is 5.82 Å². The fraction of sp³-hybridized carbons (Fsp3) is 0.737. The fourth-order valence-corrected chi connectivity index (χ4v) is 3.79. The van der Waals surface area contributed by atoms with E-state index in [1.54, 1.807) is 12.5 Å². The molecule has 2 heterocycles. The summed E-state index contributed by atoms with van der Waals surface area (Å²) in [4.78, 5) is 23.3. The highest BCUT2D eigenvalue weighted by Gasteiger charge is 2.34. The van der Waals surface area contributed by atoms with Crippen molar-refractivity contribution in [1.82, 2.24) is 14.5 Å². The average Bonchev–Trinajstić information content (AvgIpc) is 2.94. The van der Waals surface area contributed by atoms with Crippen LogP contribution in [0.3, 0.4) is 0 Å². The molecule has 0 radical (unpaired) electrons. The van der Waals surface area contributed by atoms with Gasteiger partial charge in [0.25, 0.3) is 0 Å². The minimum absolute atomic E-state index is 0.238. The molecule has 1 fully saturated rings. The third-order valence-electron chi connectivity index (χ3n) is 4.35. The monoisotopic (exact) mass is 490 g/mol. The average molecular weight is 490 g/mol. The van der Waals surface area contributed by atoms with Crippen molar-refractivity contribution in [3.05, 3.63) is 20.3 Å². The molecule has 1 saturated heterocycles. The first kappa shape index (κ1) is 22.3. The Morgan fingerprint density at radius 1 is 1.41 bits per heavy atom. The van der Waals surface area contributed by atoms with Gasteiger partial charge in [0.05, 0.1) is 22.1 Å². The molecule has 0 bridgehead atoms. The van der Waals surface area contributed by atoms with Gasteiger partial charge in [0.2, 0.25) is 0 Å². The van der Waals surface area contributed by atoms with Crippen molar-refractivity contribution in [3.8, 4) is 0 Å². The first-order valence-electron chi connectivity index (χ1n) is 9.61. The summed E-state index contributed by atoms with van der Waals surface area (Å²) in [5, 5.41) is 10.0. The zero-order valence-corrected chi connectivity index (χ0v) is 19.0. The van der Waals surface area contributed by atoms with E-state index in [1.165, 1.54) is 4.57 Å². The first-order chi connectivity index (χ1) is 12.7. The Hall–Kier alpha value is -1.00. The molecular weight excluding hydrogens is 459 g/mol. The van der Waals surface area contributed by atoms with Crippen LogP contribution in [-0.2, 0) is 4.74 Å². The van der Waals surface area contributed by atoms with Crippen molar-refractivity contribution in [2.24, 2.45) is 16.8 Å². The molecule has 1 aromatic rings. The van der Waals surface area contributed by atoms with Crippen molar-refractivity contribution in [3.63, 3.8) is 0 Å². The molecule has 0 saturated carbocycles. The summed E-state index contributed by atoms with van der Waals surface area (Å²) in [6.07, 6.45) is 3.34. The maximum Gasteiger partial charge on any atom is 0.351 e. The smallest absolute Gasteiger partial charge is 0.351 e. The van der Waals surface area contributed by atoms with Gasteiger partial charge < -0.3 is 14.7 Å². The Kier molecular flexibility index (Phi) is 8.23. The lowest BCUT2D eigenvalue weighted by atomic mass is 10.1. The van der Waals surface area contributed by atoms with Gasteiger partial charge in [0.1, 0.15) is 6.23 Å². The van der Waals surface area contributed by atoms with E-state index < -0.39 is 18.0 Å². The van der Waals surface area contributed by atoms with Gasteiger partial charge in [-0.2, -0.15) is 4.98 Å². The normalized spacial score (nSPS) is 23.1. The molecule has 0 aromatic carbocycles. The Bertz CT molecular complexity index is 695. The molecule has 8 heteroatoms. The standard InChI is InChI=1S/C19H31IN4O3/c1-6-16-15(25)7-17(27-16)24-10-14(20)18(22-19(24)26)21-11-23(8-12(2)3)9-13(4)5/h10-13,15-17,25H,6-9H2,1-5H3/b21-11+. The summed E-state index contributed by atoms with van der Waals surface area (Å²) >= 11 is 2.13. The number of ether oxygens (including phenoxy) is 1. The Morgan fingerprint density at radius 3 is 2.56 bits per heavy atom. The molecule has 0 spiro atoms. The molecule has 1 aromatic heterocycles. The number of rotatable bonds is 8. The zero-order chi connectivity index (χ0) is 20.1. The SMILES string of the molecule is CCC1OC(n2cc(I)c(/N=C/N(CC(C)C)CC(C)C)nc2=O)CC1O. The maximum absolute atomic E-state index is 12.5. The van der Waals surface area contributed by atoms with E-state index in [4.69, 9.17) is 4.74 Å². The lowest BCUT2D eigenvalue weighted by Crippen LogP contribution is -2.30. The third kappa shape index (κ3) is 6.25. The summed E-state index contributed by atoms with van der Waals surface area (Å²) in [5.41, 5.74) is -0.407. The molecule has 27 heavy (non-hydrogen) atoms. The molecule has 3 atom stereocenters. The molecule has 0 amide bonds. The lowest BCUT2D eigenvalue weighted by molar-refractivity contribution is -0.0217. The van der Waals surface area contributed by atoms with Crippen LogP contribution in [0.15, 0.2) is 16.0 Å². The largest absolute Gasteiger partial charge is 0.390 e. The minimum Gasteiger partial charge on any atom is -0.390 e. The van der Waals surface area contributed by atoms with Crippen LogP contribution in [0, 0.1) is 15.4 Å².